The standard InChI is InChI=1S/C14H20ClN3O2/c1-2-19-9-13-16-12(15)8-14(17-13)18-6-7-20-11-5-3-4-10(11)18/h8,10-11H,2-7,9H2,1H3. The van der Waals surface area contributed by atoms with Crippen LogP contribution >= 0.6 is 11.6 Å². The largest absolute Gasteiger partial charge is 0.374 e. The number of morpholine rings is 1. The minimum atomic E-state index is 0.341. The Labute approximate surface area is 124 Å². The van der Waals surface area contributed by atoms with E-state index in [0.29, 0.717) is 36.3 Å². The molecule has 0 radical (unpaired) electrons. The van der Waals surface area contributed by atoms with Gasteiger partial charge in [0.05, 0.1) is 18.8 Å². The molecule has 0 spiro atoms. The normalized spacial score (nSPS) is 25.8. The van der Waals surface area contributed by atoms with Crippen molar-refractivity contribution in [2.75, 3.05) is 24.7 Å². The van der Waals surface area contributed by atoms with E-state index >= 15 is 0 Å². The van der Waals surface area contributed by atoms with Gasteiger partial charge in [-0.1, -0.05) is 11.6 Å². The van der Waals surface area contributed by atoms with Crippen molar-refractivity contribution >= 4 is 17.4 Å². The van der Waals surface area contributed by atoms with E-state index < -0.39 is 0 Å². The lowest BCUT2D eigenvalue weighted by atomic mass is 10.1. The van der Waals surface area contributed by atoms with Gasteiger partial charge in [-0.2, -0.15) is 0 Å². The molecule has 1 saturated carbocycles. The van der Waals surface area contributed by atoms with Crippen LogP contribution in [0, 0.1) is 0 Å². The molecule has 2 heterocycles. The van der Waals surface area contributed by atoms with E-state index in [1.54, 1.807) is 0 Å². The SMILES string of the molecule is CCOCc1nc(Cl)cc(N2CCOC3CCCC32)n1. The highest BCUT2D eigenvalue weighted by Gasteiger charge is 2.36. The molecule has 2 aliphatic rings. The fraction of sp³-hybridized carbons (Fsp3) is 0.714. The Bertz CT molecular complexity index is 472. The van der Waals surface area contributed by atoms with Gasteiger partial charge in [0.1, 0.15) is 17.6 Å². The topological polar surface area (TPSA) is 47.5 Å². The molecule has 6 heteroatoms. The van der Waals surface area contributed by atoms with Crippen molar-refractivity contribution in [3.8, 4) is 0 Å². The zero-order valence-corrected chi connectivity index (χ0v) is 12.5. The van der Waals surface area contributed by atoms with E-state index in [1.807, 2.05) is 13.0 Å². The van der Waals surface area contributed by atoms with Crippen LogP contribution < -0.4 is 4.90 Å². The molecule has 2 unspecified atom stereocenters. The van der Waals surface area contributed by atoms with Crippen LogP contribution in [0.15, 0.2) is 6.07 Å². The monoisotopic (exact) mass is 297 g/mol. The molecule has 1 aromatic heterocycles. The lowest BCUT2D eigenvalue weighted by Gasteiger charge is -2.38. The molecule has 1 saturated heterocycles. The summed E-state index contributed by atoms with van der Waals surface area (Å²) in [6.07, 6.45) is 3.86. The van der Waals surface area contributed by atoms with Crippen LogP contribution in [0.1, 0.15) is 32.0 Å². The summed E-state index contributed by atoms with van der Waals surface area (Å²) < 4.78 is 11.2. The number of hydrogen-bond donors (Lipinski definition) is 0. The Morgan fingerprint density at radius 1 is 1.45 bits per heavy atom. The number of fused-ring (bicyclic) bond motifs is 1. The molecule has 0 aromatic carbocycles. The van der Waals surface area contributed by atoms with Crippen LogP contribution in [-0.4, -0.2) is 41.9 Å². The Morgan fingerprint density at radius 3 is 3.20 bits per heavy atom. The van der Waals surface area contributed by atoms with Crippen molar-refractivity contribution in [2.45, 2.75) is 44.9 Å². The molecule has 2 atom stereocenters. The molecular weight excluding hydrogens is 278 g/mol. The molecule has 1 aliphatic heterocycles. The van der Waals surface area contributed by atoms with Gasteiger partial charge in [-0.3, -0.25) is 0 Å². The highest BCUT2D eigenvalue weighted by molar-refractivity contribution is 6.29. The highest BCUT2D eigenvalue weighted by Crippen LogP contribution is 2.32. The van der Waals surface area contributed by atoms with Gasteiger partial charge in [0.25, 0.3) is 0 Å². The second-order valence-electron chi connectivity index (χ2n) is 5.20. The first-order chi connectivity index (χ1) is 9.78. The number of aromatic nitrogens is 2. The molecule has 0 amide bonds. The van der Waals surface area contributed by atoms with Gasteiger partial charge in [-0.15, -0.1) is 0 Å². The van der Waals surface area contributed by atoms with Gasteiger partial charge < -0.3 is 14.4 Å². The quantitative estimate of drug-likeness (QED) is 0.799. The lowest BCUT2D eigenvalue weighted by Crippen LogP contribution is -2.49. The van der Waals surface area contributed by atoms with Crippen LogP contribution in [-0.2, 0) is 16.1 Å². The molecule has 20 heavy (non-hydrogen) atoms. The summed E-state index contributed by atoms with van der Waals surface area (Å²) >= 11 is 6.13. The zero-order chi connectivity index (χ0) is 13.9. The van der Waals surface area contributed by atoms with E-state index in [2.05, 4.69) is 14.9 Å². The Hall–Kier alpha value is -0.910. The maximum Gasteiger partial charge on any atom is 0.158 e. The summed E-state index contributed by atoms with van der Waals surface area (Å²) in [5, 5.41) is 0.478. The highest BCUT2D eigenvalue weighted by atomic mass is 35.5. The second kappa shape index (κ2) is 6.24. The van der Waals surface area contributed by atoms with Gasteiger partial charge in [0, 0.05) is 19.2 Å². The molecule has 1 aromatic rings. The second-order valence-corrected chi connectivity index (χ2v) is 5.59. The summed E-state index contributed by atoms with van der Waals surface area (Å²) in [4.78, 5) is 11.2. The number of anilines is 1. The number of nitrogens with zero attached hydrogens (tertiary/aromatic N) is 3. The molecule has 2 fully saturated rings. The van der Waals surface area contributed by atoms with E-state index in [4.69, 9.17) is 21.1 Å². The summed E-state index contributed by atoms with van der Waals surface area (Å²) in [5.41, 5.74) is 0. The van der Waals surface area contributed by atoms with Gasteiger partial charge >= 0.3 is 0 Å². The number of rotatable bonds is 4. The molecule has 5 nitrogen and oxygen atoms in total. The molecule has 0 N–H and O–H groups in total. The van der Waals surface area contributed by atoms with Gasteiger partial charge in [0.15, 0.2) is 5.82 Å². The summed E-state index contributed by atoms with van der Waals surface area (Å²) in [7, 11) is 0. The Kier molecular flexibility index (Phi) is 4.38. The van der Waals surface area contributed by atoms with Crippen LogP contribution in [0.2, 0.25) is 5.15 Å². The van der Waals surface area contributed by atoms with E-state index in [1.165, 1.54) is 6.42 Å². The van der Waals surface area contributed by atoms with Crippen molar-refractivity contribution in [1.29, 1.82) is 0 Å². The first kappa shape index (κ1) is 14.0. The van der Waals surface area contributed by atoms with Crippen LogP contribution in [0.4, 0.5) is 5.82 Å². The van der Waals surface area contributed by atoms with E-state index in [0.717, 1.165) is 31.8 Å². The number of hydrogen-bond acceptors (Lipinski definition) is 5. The van der Waals surface area contributed by atoms with Crippen molar-refractivity contribution in [3.63, 3.8) is 0 Å². The third-order valence-electron chi connectivity index (χ3n) is 3.94. The van der Waals surface area contributed by atoms with Crippen LogP contribution in [0.5, 0.6) is 0 Å². The summed E-state index contributed by atoms with van der Waals surface area (Å²) in [5.74, 6) is 1.55. The average molecular weight is 298 g/mol. The number of ether oxygens (including phenoxy) is 2. The predicted octanol–water partition coefficient (Wildman–Crippen LogP) is 2.42. The minimum absolute atomic E-state index is 0.341. The smallest absolute Gasteiger partial charge is 0.158 e. The number of halogens is 1. The van der Waals surface area contributed by atoms with Crippen LogP contribution in [0.25, 0.3) is 0 Å². The van der Waals surface area contributed by atoms with E-state index in [-0.39, 0.29) is 0 Å². The Balaban J connectivity index is 1.82. The Morgan fingerprint density at radius 2 is 2.35 bits per heavy atom. The molecule has 0 bridgehead atoms. The lowest BCUT2D eigenvalue weighted by molar-refractivity contribution is 0.0252. The van der Waals surface area contributed by atoms with Gasteiger partial charge in [-0.25, -0.2) is 9.97 Å². The zero-order valence-electron chi connectivity index (χ0n) is 11.7. The molecule has 3 rings (SSSR count). The van der Waals surface area contributed by atoms with E-state index in [9.17, 15) is 0 Å². The van der Waals surface area contributed by atoms with Gasteiger partial charge in [-0.05, 0) is 26.2 Å². The summed E-state index contributed by atoms with van der Waals surface area (Å²) in [6, 6.07) is 2.27. The first-order valence-corrected chi connectivity index (χ1v) is 7.65. The van der Waals surface area contributed by atoms with Gasteiger partial charge in [0.2, 0.25) is 0 Å². The fourth-order valence-electron chi connectivity index (χ4n) is 3.07. The average Bonchev–Trinajstić information content (AvgIpc) is 2.92. The third kappa shape index (κ3) is 2.90. The predicted molar refractivity (Wildman–Crippen MR) is 77.1 cm³/mol. The van der Waals surface area contributed by atoms with Crippen molar-refractivity contribution in [3.05, 3.63) is 17.0 Å². The van der Waals surface area contributed by atoms with Crippen molar-refractivity contribution in [2.24, 2.45) is 0 Å². The molecule has 110 valence electrons. The third-order valence-corrected chi connectivity index (χ3v) is 4.13. The molecule has 1 aliphatic carbocycles. The summed E-state index contributed by atoms with van der Waals surface area (Å²) in [6.45, 7) is 4.62. The fourth-order valence-corrected chi connectivity index (χ4v) is 3.26. The van der Waals surface area contributed by atoms with Crippen molar-refractivity contribution < 1.29 is 9.47 Å². The first-order valence-electron chi connectivity index (χ1n) is 7.27. The maximum atomic E-state index is 6.13. The van der Waals surface area contributed by atoms with Crippen molar-refractivity contribution in [1.82, 2.24) is 9.97 Å². The minimum Gasteiger partial charge on any atom is -0.374 e. The maximum absolute atomic E-state index is 6.13. The van der Waals surface area contributed by atoms with Crippen LogP contribution in [0.3, 0.4) is 0 Å². The molecular formula is C14H20ClN3O2.